The van der Waals surface area contributed by atoms with Crippen LogP contribution in [0.5, 0.6) is 0 Å². The summed E-state index contributed by atoms with van der Waals surface area (Å²) in [7, 11) is 1.62. The summed E-state index contributed by atoms with van der Waals surface area (Å²) in [6.45, 7) is 7.07. The number of amides is 1. The van der Waals surface area contributed by atoms with Crippen LogP contribution in [0.3, 0.4) is 0 Å². The molecule has 150 valence electrons. The number of hydrogen-bond donors (Lipinski definition) is 4. The van der Waals surface area contributed by atoms with Gasteiger partial charge in [-0.05, 0) is 38.3 Å². The van der Waals surface area contributed by atoms with Gasteiger partial charge >= 0.3 is 0 Å². The number of carbonyl (C=O) groups excluding carboxylic acids is 1. The van der Waals surface area contributed by atoms with E-state index in [-0.39, 0.29) is 29.9 Å². The highest BCUT2D eigenvalue weighted by Gasteiger charge is 2.26. The molecule has 0 saturated carbocycles. The Labute approximate surface area is 181 Å². The van der Waals surface area contributed by atoms with Gasteiger partial charge in [0.15, 0.2) is 5.96 Å². The maximum Gasteiger partial charge on any atom is 0.227 e. The van der Waals surface area contributed by atoms with Crippen LogP contribution < -0.4 is 16.0 Å². The highest BCUT2D eigenvalue weighted by Crippen LogP contribution is 2.29. The SMILES string of the molecule is CCNC(=NCC(C)(C)C(=O)NC)NCC(O)c1cc2ccccc2s1.I. The van der Waals surface area contributed by atoms with Crippen molar-refractivity contribution in [2.45, 2.75) is 26.9 Å². The number of aliphatic imine (C=N–C) groups is 1. The lowest BCUT2D eigenvalue weighted by atomic mass is 9.93. The normalized spacial score (nSPS) is 13.0. The minimum absolute atomic E-state index is 0. The van der Waals surface area contributed by atoms with Gasteiger partial charge in [-0.25, -0.2) is 0 Å². The number of fused-ring (bicyclic) bond motifs is 1. The van der Waals surface area contributed by atoms with E-state index >= 15 is 0 Å². The molecule has 1 amide bonds. The lowest BCUT2D eigenvalue weighted by Crippen LogP contribution is -2.42. The van der Waals surface area contributed by atoms with Gasteiger partial charge in [-0.1, -0.05) is 18.2 Å². The van der Waals surface area contributed by atoms with Crippen molar-refractivity contribution in [2.75, 3.05) is 26.7 Å². The third-order valence-corrected chi connectivity index (χ3v) is 5.27. The monoisotopic (exact) mass is 504 g/mol. The molecular weight excluding hydrogens is 475 g/mol. The molecule has 0 fully saturated rings. The van der Waals surface area contributed by atoms with E-state index in [9.17, 15) is 9.90 Å². The third kappa shape index (κ3) is 6.62. The van der Waals surface area contributed by atoms with Crippen LogP contribution in [0.2, 0.25) is 0 Å². The van der Waals surface area contributed by atoms with Crippen LogP contribution >= 0.6 is 35.3 Å². The maximum atomic E-state index is 11.9. The number of guanidine groups is 1. The van der Waals surface area contributed by atoms with Crippen molar-refractivity contribution in [3.8, 4) is 0 Å². The fraction of sp³-hybridized carbons (Fsp3) is 0.474. The van der Waals surface area contributed by atoms with Crippen LogP contribution in [0.4, 0.5) is 0 Å². The number of halogens is 1. The Bertz CT molecular complexity index is 743. The van der Waals surface area contributed by atoms with E-state index in [2.05, 4.69) is 27.0 Å². The van der Waals surface area contributed by atoms with E-state index in [4.69, 9.17) is 0 Å². The predicted octanol–water partition coefficient (Wildman–Crippen LogP) is 2.88. The molecule has 27 heavy (non-hydrogen) atoms. The Morgan fingerprint density at radius 1 is 1.30 bits per heavy atom. The van der Waals surface area contributed by atoms with Crippen LogP contribution in [-0.2, 0) is 4.79 Å². The molecule has 0 radical (unpaired) electrons. The van der Waals surface area contributed by atoms with Crippen LogP contribution in [-0.4, -0.2) is 43.7 Å². The first-order valence-corrected chi connectivity index (χ1v) is 9.60. The number of thiophene rings is 1. The molecule has 6 nitrogen and oxygen atoms in total. The molecule has 2 rings (SSSR count). The van der Waals surface area contributed by atoms with Gasteiger partial charge < -0.3 is 21.1 Å². The van der Waals surface area contributed by atoms with E-state index in [0.29, 0.717) is 25.6 Å². The van der Waals surface area contributed by atoms with Gasteiger partial charge in [0.1, 0.15) is 6.10 Å². The largest absolute Gasteiger partial charge is 0.386 e. The van der Waals surface area contributed by atoms with Gasteiger partial charge in [-0.3, -0.25) is 9.79 Å². The number of benzene rings is 1. The molecule has 2 aromatic rings. The van der Waals surface area contributed by atoms with E-state index in [1.807, 2.05) is 45.0 Å². The van der Waals surface area contributed by atoms with Gasteiger partial charge in [0, 0.05) is 29.7 Å². The van der Waals surface area contributed by atoms with Crippen LogP contribution in [0.15, 0.2) is 35.3 Å². The van der Waals surface area contributed by atoms with E-state index in [1.165, 1.54) is 0 Å². The summed E-state index contributed by atoms with van der Waals surface area (Å²) in [4.78, 5) is 17.3. The smallest absolute Gasteiger partial charge is 0.227 e. The van der Waals surface area contributed by atoms with Gasteiger partial charge in [0.05, 0.1) is 12.0 Å². The molecule has 1 unspecified atom stereocenters. The molecule has 1 aromatic carbocycles. The average molecular weight is 504 g/mol. The second-order valence-corrected chi connectivity index (χ2v) is 7.86. The van der Waals surface area contributed by atoms with Crippen molar-refractivity contribution in [1.82, 2.24) is 16.0 Å². The zero-order valence-electron chi connectivity index (χ0n) is 16.2. The number of hydrogen-bond acceptors (Lipinski definition) is 4. The highest BCUT2D eigenvalue weighted by atomic mass is 127. The van der Waals surface area contributed by atoms with Crippen LogP contribution in [0.25, 0.3) is 10.1 Å². The highest BCUT2D eigenvalue weighted by molar-refractivity contribution is 14.0. The standard InChI is InChI=1S/C19H28N4O2S.HI/c1-5-21-18(23-12-19(2,3)17(25)20-4)22-11-14(24)16-10-13-8-6-7-9-15(13)26-16;/h6-10,14,24H,5,11-12H2,1-4H3,(H,20,25)(H2,21,22,23);1H. The van der Waals surface area contributed by atoms with E-state index in [1.54, 1.807) is 18.4 Å². The molecule has 0 aliphatic rings. The molecule has 1 aromatic heterocycles. The Kier molecular flexibility index (Phi) is 9.48. The van der Waals surface area contributed by atoms with Gasteiger partial charge in [0.2, 0.25) is 5.91 Å². The molecule has 0 saturated heterocycles. The van der Waals surface area contributed by atoms with Gasteiger partial charge in [0.25, 0.3) is 0 Å². The van der Waals surface area contributed by atoms with Crippen molar-refractivity contribution in [3.63, 3.8) is 0 Å². The second kappa shape index (κ2) is 10.8. The lowest BCUT2D eigenvalue weighted by Gasteiger charge is -2.21. The van der Waals surface area contributed by atoms with Crippen molar-refractivity contribution in [2.24, 2.45) is 10.4 Å². The van der Waals surface area contributed by atoms with Crippen molar-refractivity contribution in [3.05, 3.63) is 35.2 Å². The molecule has 4 N–H and O–H groups in total. The quantitative estimate of drug-likeness (QED) is 0.266. The fourth-order valence-corrected chi connectivity index (χ4v) is 3.54. The summed E-state index contributed by atoms with van der Waals surface area (Å²) >= 11 is 1.59. The van der Waals surface area contributed by atoms with Crippen molar-refractivity contribution < 1.29 is 9.90 Å². The van der Waals surface area contributed by atoms with Crippen molar-refractivity contribution >= 4 is 57.3 Å². The van der Waals surface area contributed by atoms with Gasteiger partial charge in [-0.15, -0.1) is 35.3 Å². The van der Waals surface area contributed by atoms with E-state index in [0.717, 1.165) is 15.0 Å². The lowest BCUT2D eigenvalue weighted by molar-refractivity contribution is -0.128. The summed E-state index contributed by atoms with van der Waals surface area (Å²) in [5, 5.41) is 20.6. The summed E-state index contributed by atoms with van der Waals surface area (Å²) in [6, 6.07) is 10.1. The molecule has 0 spiro atoms. The van der Waals surface area contributed by atoms with Crippen LogP contribution in [0, 0.1) is 5.41 Å². The minimum Gasteiger partial charge on any atom is -0.386 e. The number of aliphatic hydroxyl groups is 1. The van der Waals surface area contributed by atoms with Crippen molar-refractivity contribution in [1.29, 1.82) is 0 Å². The number of nitrogens with one attached hydrogen (secondary N) is 3. The molecule has 0 aliphatic heterocycles. The first-order valence-electron chi connectivity index (χ1n) is 8.78. The summed E-state index contributed by atoms with van der Waals surface area (Å²) in [5.41, 5.74) is -0.596. The molecule has 1 heterocycles. The van der Waals surface area contributed by atoms with Crippen LogP contribution in [0.1, 0.15) is 31.8 Å². The Morgan fingerprint density at radius 2 is 2.00 bits per heavy atom. The molecule has 8 heteroatoms. The molecule has 1 atom stereocenters. The summed E-state index contributed by atoms with van der Waals surface area (Å²) < 4.78 is 1.16. The summed E-state index contributed by atoms with van der Waals surface area (Å²) in [6.07, 6.45) is -0.622. The average Bonchev–Trinajstić information content (AvgIpc) is 3.07. The first-order chi connectivity index (χ1) is 12.4. The number of carbonyl (C=O) groups is 1. The third-order valence-electron chi connectivity index (χ3n) is 4.05. The fourth-order valence-electron chi connectivity index (χ4n) is 2.49. The summed E-state index contributed by atoms with van der Waals surface area (Å²) in [5.74, 6) is 0.534. The topological polar surface area (TPSA) is 85.8 Å². The van der Waals surface area contributed by atoms with Gasteiger partial charge in [-0.2, -0.15) is 0 Å². The number of rotatable bonds is 7. The zero-order valence-corrected chi connectivity index (χ0v) is 19.4. The predicted molar refractivity (Wildman–Crippen MR) is 124 cm³/mol. The Hall–Kier alpha value is -1.39. The second-order valence-electron chi connectivity index (χ2n) is 6.74. The molecular formula is C19H29IN4O2S. The Morgan fingerprint density at radius 3 is 2.63 bits per heavy atom. The Balaban J connectivity index is 0.00000364. The number of nitrogens with zero attached hydrogens (tertiary/aromatic N) is 1. The molecule has 0 bridgehead atoms. The minimum atomic E-state index is -0.622. The van der Waals surface area contributed by atoms with E-state index < -0.39 is 11.5 Å². The number of aliphatic hydroxyl groups excluding tert-OH is 1. The zero-order chi connectivity index (χ0) is 19.2. The maximum absolute atomic E-state index is 11.9. The first kappa shape index (κ1) is 23.6. The molecule has 0 aliphatic carbocycles.